The summed E-state index contributed by atoms with van der Waals surface area (Å²) in [4.78, 5) is 45.5. The summed E-state index contributed by atoms with van der Waals surface area (Å²) in [5.74, 6) is -1.34. The lowest BCUT2D eigenvalue weighted by molar-refractivity contribution is 0.0800. The maximum atomic E-state index is 14.6. The van der Waals surface area contributed by atoms with Crippen molar-refractivity contribution in [3.05, 3.63) is 191 Å². The number of benzene rings is 7. The van der Waals surface area contributed by atoms with Gasteiger partial charge in [0.15, 0.2) is 0 Å². The highest BCUT2D eigenvalue weighted by atomic mass is 32.2. The third kappa shape index (κ3) is 9.56. The summed E-state index contributed by atoms with van der Waals surface area (Å²) in [6.45, 7) is 7.62. The summed E-state index contributed by atoms with van der Waals surface area (Å²) in [7, 11) is 0.845. The molecule has 0 spiro atoms. The number of fused-ring (bicyclic) bond motifs is 1. The fourth-order valence-corrected chi connectivity index (χ4v) is 11.5. The van der Waals surface area contributed by atoms with E-state index in [0.717, 1.165) is 5.56 Å². The van der Waals surface area contributed by atoms with E-state index in [1.54, 1.807) is 92.5 Å². The maximum absolute atomic E-state index is 14.6. The Hall–Kier alpha value is -8.40. The summed E-state index contributed by atoms with van der Waals surface area (Å²) >= 11 is 0. The number of hydrogen-bond acceptors (Lipinski definition) is 8. The summed E-state index contributed by atoms with van der Waals surface area (Å²) in [6.07, 6.45) is 0.146. The zero-order valence-electron chi connectivity index (χ0n) is 42.3. The molecule has 75 heavy (non-hydrogen) atoms. The highest BCUT2D eigenvalue weighted by molar-refractivity contribution is 7.89. The first-order chi connectivity index (χ1) is 35.7. The van der Waals surface area contributed by atoms with Crippen LogP contribution in [0.1, 0.15) is 69.9 Å². The molecule has 9 aromatic rings. The van der Waals surface area contributed by atoms with Gasteiger partial charge < -0.3 is 29.3 Å². The van der Waals surface area contributed by atoms with Crippen LogP contribution in [-0.2, 0) is 22.0 Å². The largest absolute Gasteiger partial charge is 0.455 e. The quantitative estimate of drug-likeness (QED) is 0.103. The second kappa shape index (κ2) is 19.1. The van der Waals surface area contributed by atoms with Gasteiger partial charge in [-0.1, -0.05) is 54.6 Å². The molecule has 0 radical (unpaired) electrons. The maximum Gasteiger partial charge on any atom is 0.259 e. The van der Waals surface area contributed by atoms with Crippen LogP contribution < -0.4 is 20.3 Å². The number of furan rings is 2. The van der Waals surface area contributed by atoms with Crippen molar-refractivity contribution < 1.29 is 40.4 Å². The van der Waals surface area contributed by atoms with Crippen LogP contribution in [0, 0.1) is 11.6 Å². The van der Waals surface area contributed by atoms with Crippen molar-refractivity contribution in [2.24, 2.45) is 0 Å². The van der Waals surface area contributed by atoms with Gasteiger partial charge in [-0.2, -0.15) is 0 Å². The highest BCUT2D eigenvalue weighted by Gasteiger charge is 2.35. The summed E-state index contributed by atoms with van der Waals surface area (Å²) < 4.78 is 72.8. The van der Waals surface area contributed by atoms with Gasteiger partial charge in [0, 0.05) is 54.3 Å². The molecule has 15 heteroatoms. The van der Waals surface area contributed by atoms with Gasteiger partial charge in [0.2, 0.25) is 10.0 Å². The SMILES string of the molecule is CNC(=O)c1c(-c2ccc(F)cc2)oc2ccc(-c3cccc(S(=O)(=O)NC(C)(C)Cc4ccc(C(=O)NC(C)(C)c5ccccc5)cc4-c4ccc5oc(-c6ccc(F)cc6)c6c5c4N(C)CN(C)C6=O)c3)cc12. The van der Waals surface area contributed by atoms with Gasteiger partial charge in [-0.3, -0.25) is 14.4 Å². The van der Waals surface area contributed by atoms with E-state index < -0.39 is 38.6 Å². The molecule has 3 heterocycles. The molecule has 12 nitrogen and oxygen atoms in total. The van der Waals surface area contributed by atoms with Crippen LogP contribution in [0.15, 0.2) is 165 Å². The van der Waals surface area contributed by atoms with Crippen LogP contribution in [0.2, 0.25) is 0 Å². The zero-order valence-corrected chi connectivity index (χ0v) is 43.1. The minimum absolute atomic E-state index is 0.00171. The van der Waals surface area contributed by atoms with Crippen molar-refractivity contribution >= 4 is 55.4 Å². The molecule has 2 aromatic heterocycles. The predicted octanol–water partition coefficient (Wildman–Crippen LogP) is 11.9. The van der Waals surface area contributed by atoms with E-state index in [1.165, 1.54) is 49.5 Å². The van der Waals surface area contributed by atoms with E-state index in [4.69, 9.17) is 8.83 Å². The summed E-state index contributed by atoms with van der Waals surface area (Å²) in [5.41, 5.74) is 5.64. The van der Waals surface area contributed by atoms with Gasteiger partial charge in [0.1, 0.15) is 34.3 Å². The van der Waals surface area contributed by atoms with Crippen molar-refractivity contribution in [3.63, 3.8) is 0 Å². The van der Waals surface area contributed by atoms with Crippen LogP contribution in [0.4, 0.5) is 14.5 Å². The number of nitrogens with one attached hydrogen (secondary N) is 3. The molecule has 10 rings (SSSR count). The van der Waals surface area contributed by atoms with Gasteiger partial charge >= 0.3 is 0 Å². The normalized spacial score (nSPS) is 13.1. The second-order valence-corrected chi connectivity index (χ2v) is 21.8. The van der Waals surface area contributed by atoms with Gasteiger partial charge in [-0.05, 0) is 159 Å². The van der Waals surface area contributed by atoms with Crippen molar-refractivity contribution in [2.45, 2.75) is 50.1 Å². The average Bonchev–Trinajstić information content (AvgIpc) is 3.94. The number of carbonyl (C=O) groups excluding carboxylic acids is 3. The lowest BCUT2D eigenvalue weighted by atomic mass is 9.87. The Balaban J connectivity index is 1.03. The molecule has 0 atom stereocenters. The Morgan fingerprint density at radius 2 is 1.28 bits per heavy atom. The Morgan fingerprint density at radius 3 is 1.96 bits per heavy atom. The third-order valence-corrected chi connectivity index (χ3v) is 15.4. The smallest absolute Gasteiger partial charge is 0.259 e. The van der Waals surface area contributed by atoms with Crippen LogP contribution >= 0.6 is 0 Å². The molecule has 380 valence electrons. The van der Waals surface area contributed by atoms with E-state index in [9.17, 15) is 31.6 Å². The molecule has 0 saturated heterocycles. The molecule has 0 unspecified atom stereocenters. The Bertz CT molecular complexity index is 3850. The van der Waals surface area contributed by atoms with Gasteiger partial charge in [-0.25, -0.2) is 21.9 Å². The Kier molecular flexibility index (Phi) is 12.8. The number of carbonyl (C=O) groups is 3. The number of rotatable bonds is 13. The first-order valence-electron chi connectivity index (χ1n) is 24.2. The minimum atomic E-state index is -4.22. The van der Waals surface area contributed by atoms with E-state index in [1.807, 2.05) is 68.3 Å². The summed E-state index contributed by atoms with van der Waals surface area (Å²) in [6, 6.07) is 41.8. The lowest BCUT2D eigenvalue weighted by Gasteiger charge is -2.30. The van der Waals surface area contributed by atoms with Crippen molar-refractivity contribution in [2.75, 3.05) is 32.7 Å². The molecule has 0 saturated carbocycles. The molecule has 0 bridgehead atoms. The third-order valence-electron chi connectivity index (χ3n) is 13.7. The molecule has 3 amide bonds. The van der Waals surface area contributed by atoms with Crippen LogP contribution in [0.3, 0.4) is 0 Å². The molecule has 0 aliphatic carbocycles. The topological polar surface area (TPSA) is 154 Å². The number of halogens is 2. The van der Waals surface area contributed by atoms with E-state index in [2.05, 4.69) is 15.4 Å². The second-order valence-electron chi connectivity index (χ2n) is 20.1. The average molecular weight is 1030 g/mol. The number of anilines is 1. The first-order valence-corrected chi connectivity index (χ1v) is 25.7. The molecule has 1 aliphatic heterocycles. The number of hydrogen-bond donors (Lipinski definition) is 3. The predicted molar refractivity (Wildman–Crippen MR) is 288 cm³/mol. The number of sulfonamides is 1. The van der Waals surface area contributed by atoms with Crippen LogP contribution in [-0.4, -0.2) is 64.4 Å². The fraction of sp³-hybridized carbons (Fsp3) is 0.183. The number of nitrogens with zero attached hydrogens (tertiary/aromatic N) is 2. The lowest BCUT2D eigenvalue weighted by Crippen LogP contribution is -2.45. The minimum Gasteiger partial charge on any atom is -0.455 e. The fourth-order valence-electron chi connectivity index (χ4n) is 10.1. The van der Waals surface area contributed by atoms with Crippen LogP contribution in [0.25, 0.3) is 66.8 Å². The van der Waals surface area contributed by atoms with Crippen LogP contribution in [0.5, 0.6) is 0 Å². The molecule has 7 aromatic carbocycles. The molecule has 0 fully saturated rings. The van der Waals surface area contributed by atoms with Gasteiger partial charge in [0.25, 0.3) is 17.7 Å². The Morgan fingerprint density at radius 1 is 0.653 bits per heavy atom. The highest BCUT2D eigenvalue weighted by Crippen LogP contribution is 2.47. The van der Waals surface area contributed by atoms with Gasteiger partial charge in [-0.15, -0.1) is 0 Å². The Labute approximate surface area is 433 Å². The molecule has 1 aliphatic rings. The van der Waals surface area contributed by atoms with E-state index in [-0.39, 0.29) is 41.1 Å². The molecular weight excluding hydrogens is 973 g/mol. The van der Waals surface area contributed by atoms with Crippen molar-refractivity contribution in [3.8, 4) is 44.9 Å². The van der Waals surface area contributed by atoms with Crippen molar-refractivity contribution in [1.29, 1.82) is 0 Å². The molecular formula is C60H53F2N5O7S. The molecule has 3 N–H and O–H groups in total. The monoisotopic (exact) mass is 1030 g/mol. The first kappa shape index (κ1) is 50.1. The number of amides is 3. The standard InChI is InChI=1S/C60H53F2N5O7S/c1-59(2,65-75(71,72)44-15-11-12-37(30-44)38-22-28-48-47(31-38)50(57(69)63-5)54(73-48)35-18-23-42(61)24-19-35)33-40-17-16-39(56(68)64-60(3,4)41-13-9-8-10-14-41)32-46(40)45-27-29-49-51-52(58(70)67(7)34-66(6)53(45)51)55(74-49)36-20-25-43(62)26-21-36/h8-32,65H,33-34H2,1-7H3,(H,63,69)(H,64,68). The zero-order chi connectivity index (χ0) is 53.1. The summed E-state index contributed by atoms with van der Waals surface area (Å²) in [5, 5.41) is 6.89. The van der Waals surface area contributed by atoms with Gasteiger partial charge in [0.05, 0.1) is 39.3 Å². The van der Waals surface area contributed by atoms with Crippen molar-refractivity contribution in [1.82, 2.24) is 20.3 Å². The van der Waals surface area contributed by atoms with E-state index in [0.29, 0.717) is 83.5 Å². The van der Waals surface area contributed by atoms with E-state index >= 15 is 0 Å².